The van der Waals surface area contributed by atoms with Gasteiger partial charge >= 0.3 is 0 Å². The van der Waals surface area contributed by atoms with Gasteiger partial charge in [0.2, 0.25) is 0 Å². The Labute approximate surface area is 118 Å². The van der Waals surface area contributed by atoms with Gasteiger partial charge in [-0.05, 0) is 0 Å². The van der Waals surface area contributed by atoms with Gasteiger partial charge in [-0.15, -0.1) is 0 Å². The van der Waals surface area contributed by atoms with E-state index in [-0.39, 0.29) is 11.8 Å². The third-order valence-electron chi connectivity index (χ3n) is 3.35. The summed E-state index contributed by atoms with van der Waals surface area (Å²) in [5.74, 6) is 0. The van der Waals surface area contributed by atoms with E-state index in [1.807, 2.05) is 0 Å². The maximum atomic E-state index is 10.0. The molecule has 1 unspecified atom stereocenters. The van der Waals surface area contributed by atoms with Crippen LogP contribution in [-0.4, -0.2) is 61.8 Å². The fraction of sp³-hybridized carbons (Fsp3) is 0.545. The summed E-state index contributed by atoms with van der Waals surface area (Å²) < 4.78 is 12.5. The van der Waals surface area contributed by atoms with Crippen molar-refractivity contribution in [1.29, 1.82) is 0 Å². The Kier molecular flexibility index (Phi) is 3.57. The molecule has 0 aliphatic carbocycles. The predicted octanol–water partition coefficient (Wildman–Crippen LogP) is -0.255. The molecule has 20 heavy (non-hydrogen) atoms. The highest BCUT2D eigenvalue weighted by atomic mass is 35.5. The van der Waals surface area contributed by atoms with Crippen LogP contribution in [0.25, 0.3) is 11.2 Å². The Hall–Kier alpha value is -1.32. The summed E-state index contributed by atoms with van der Waals surface area (Å²) in [5, 5.41) is 19.5. The van der Waals surface area contributed by atoms with Crippen LogP contribution in [0.2, 0.25) is 5.15 Å². The smallest absolute Gasteiger partial charge is 0.167 e. The largest absolute Gasteiger partial charge is 0.394 e. The molecule has 1 saturated heterocycles. The maximum Gasteiger partial charge on any atom is 0.167 e. The van der Waals surface area contributed by atoms with Crippen molar-refractivity contribution in [1.82, 2.24) is 19.5 Å². The van der Waals surface area contributed by atoms with Crippen LogP contribution in [0.1, 0.15) is 6.23 Å². The van der Waals surface area contributed by atoms with E-state index in [1.165, 1.54) is 19.8 Å². The Morgan fingerprint density at radius 3 is 2.95 bits per heavy atom. The van der Waals surface area contributed by atoms with Gasteiger partial charge < -0.3 is 19.7 Å². The normalized spacial score (nSPS) is 30.2. The molecule has 0 radical (unpaired) electrons. The first kappa shape index (κ1) is 13.7. The summed E-state index contributed by atoms with van der Waals surface area (Å²) in [7, 11) is 1.46. The molecule has 0 spiro atoms. The Balaban J connectivity index is 2.04. The monoisotopic (exact) mass is 300 g/mol. The van der Waals surface area contributed by atoms with Crippen LogP contribution in [-0.2, 0) is 9.47 Å². The molecule has 1 aliphatic rings. The summed E-state index contributed by atoms with van der Waals surface area (Å²) in [6.07, 6.45) is -0.139. The number of aliphatic hydroxyl groups is 2. The highest BCUT2D eigenvalue weighted by molar-refractivity contribution is 6.33. The molecule has 1 aliphatic heterocycles. The predicted molar refractivity (Wildman–Crippen MR) is 68.1 cm³/mol. The van der Waals surface area contributed by atoms with Crippen molar-refractivity contribution in [3.05, 3.63) is 17.8 Å². The quantitative estimate of drug-likeness (QED) is 0.753. The molecule has 2 N–H and O–H groups in total. The molecule has 108 valence electrons. The highest BCUT2D eigenvalue weighted by Crippen LogP contribution is 2.33. The summed E-state index contributed by atoms with van der Waals surface area (Å²) in [6, 6.07) is 0. The summed E-state index contributed by atoms with van der Waals surface area (Å²) in [5.41, 5.74) is 0.914. The third-order valence-corrected chi connectivity index (χ3v) is 3.63. The first-order valence-electron chi connectivity index (χ1n) is 5.97. The van der Waals surface area contributed by atoms with Crippen molar-refractivity contribution in [2.24, 2.45) is 0 Å². The minimum Gasteiger partial charge on any atom is -0.394 e. The lowest BCUT2D eigenvalue weighted by molar-refractivity contribution is -0.0583. The summed E-state index contributed by atoms with van der Waals surface area (Å²) in [6.45, 7) is -0.306. The molecule has 1 fully saturated rings. The molecule has 0 aromatic carbocycles. The van der Waals surface area contributed by atoms with E-state index >= 15 is 0 Å². The first-order valence-corrected chi connectivity index (χ1v) is 6.35. The SMILES string of the molecule is COC1[C@@H](O)[C@@H](CO)O[C@H]1n1cnc2c(Cl)ncnc21. The zero-order valence-electron chi connectivity index (χ0n) is 10.5. The van der Waals surface area contributed by atoms with Gasteiger partial charge in [-0.3, -0.25) is 4.57 Å². The lowest BCUT2D eigenvalue weighted by Crippen LogP contribution is -2.34. The number of aromatic nitrogens is 4. The highest BCUT2D eigenvalue weighted by Gasteiger charge is 2.45. The van der Waals surface area contributed by atoms with E-state index in [9.17, 15) is 10.2 Å². The molecular formula is C11H13ClN4O4. The van der Waals surface area contributed by atoms with E-state index in [1.54, 1.807) is 4.57 Å². The first-order chi connectivity index (χ1) is 9.67. The van der Waals surface area contributed by atoms with E-state index in [2.05, 4.69) is 15.0 Å². The van der Waals surface area contributed by atoms with Gasteiger partial charge in [-0.1, -0.05) is 11.6 Å². The lowest BCUT2D eigenvalue weighted by Gasteiger charge is -2.19. The molecule has 9 heteroatoms. The van der Waals surface area contributed by atoms with Crippen LogP contribution in [0.3, 0.4) is 0 Å². The molecule has 0 amide bonds. The average molecular weight is 301 g/mol. The number of nitrogens with zero attached hydrogens (tertiary/aromatic N) is 4. The van der Waals surface area contributed by atoms with Gasteiger partial charge in [0, 0.05) is 7.11 Å². The lowest BCUT2D eigenvalue weighted by atomic mass is 10.1. The van der Waals surface area contributed by atoms with E-state index < -0.39 is 24.5 Å². The number of halogens is 1. The van der Waals surface area contributed by atoms with Crippen molar-refractivity contribution < 1.29 is 19.7 Å². The van der Waals surface area contributed by atoms with E-state index in [4.69, 9.17) is 21.1 Å². The van der Waals surface area contributed by atoms with Crippen molar-refractivity contribution in [3.8, 4) is 0 Å². The summed E-state index contributed by atoms with van der Waals surface area (Å²) in [4.78, 5) is 12.1. The van der Waals surface area contributed by atoms with Gasteiger partial charge in [0.1, 0.15) is 30.2 Å². The van der Waals surface area contributed by atoms with Crippen LogP contribution in [0.4, 0.5) is 0 Å². The fourth-order valence-corrected chi connectivity index (χ4v) is 2.53. The zero-order chi connectivity index (χ0) is 14.3. The minimum absolute atomic E-state index is 0.236. The van der Waals surface area contributed by atoms with Gasteiger partial charge in [0.25, 0.3) is 0 Å². The number of hydrogen-bond acceptors (Lipinski definition) is 7. The molecule has 3 heterocycles. The van der Waals surface area contributed by atoms with Gasteiger partial charge in [-0.25, -0.2) is 15.0 Å². The minimum atomic E-state index is -0.940. The number of rotatable bonds is 3. The van der Waals surface area contributed by atoms with E-state index in [0.29, 0.717) is 11.2 Å². The molecule has 0 bridgehead atoms. The van der Waals surface area contributed by atoms with Crippen molar-refractivity contribution in [2.75, 3.05) is 13.7 Å². The molecular weight excluding hydrogens is 288 g/mol. The van der Waals surface area contributed by atoms with Crippen LogP contribution in [0.5, 0.6) is 0 Å². The number of imidazole rings is 1. The number of aliphatic hydroxyl groups excluding tert-OH is 2. The Morgan fingerprint density at radius 2 is 2.25 bits per heavy atom. The number of ether oxygens (including phenoxy) is 2. The van der Waals surface area contributed by atoms with Crippen molar-refractivity contribution >= 4 is 22.8 Å². The van der Waals surface area contributed by atoms with Crippen molar-refractivity contribution in [2.45, 2.75) is 24.5 Å². The standard InChI is InChI=1S/C11H13ClN4O4/c1-19-8-7(18)5(2-17)20-11(8)16-4-15-6-9(12)13-3-14-10(6)16/h3-5,7-8,11,17-18H,2H2,1H3/t5-,7+,8?,11-/m1/s1. The Bertz CT molecular complexity index is 621. The number of fused-ring (bicyclic) bond motifs is 1. The average Bonchev–Trinajstić information content (AvgIpc) is 3.00. The van der Waals surface area contributed by atoms with Crippen molar-refractivity contribution in [3.63, 3.8) is 0 Å². The molecule has 0 saturated carbocycles. The van der Waals surface area contributed by atoms with Crippen LogP contribution >= 0.6 is 11.6 Å². The second-order valence-corrected chi connectivity index (χ2v) is 4.79. The van der Waals surface area contributed by atoms with Crippen LogP contribution in [0.15, 0.2) is 12.7 Å². The second kappa shape index (κ2) is 5.23. The number of methoxy groups -OCH3 is 1. The number of hydrogen-bond donors (Lipinski definition) is 2. The maximum absolute atomic E-state index is 10.0. The molecule has 2 aromatic rings. The van der Waals surface area contributed by atoms with Gasteiger partial charge in [0.15, 0.2) is 17.0 Å². The molecule has 3 rings (SSSR count). The van der Waals surface area contributed by atoms with Gasteiger partial charge in [-0.2, -0.15) is 0 Å². The van der Waals surface area contributed by atoms with E-state index in [0.717, 1.165) is 0 Å². The fourth-order valence-electron chi connectivity index (χ4n) is 2.36. The topological polar surface area (TPSA) is 103 Å². The zero-order valence-corrected chi connectivity index (χ0v) is 11.3. The van der Waals surface area contributed by atoms with Crippen LogP contribution in [0, 0.1) is 0 Å². The Morgan fingerprint density at radius 1 is 1.45 bits per heavy atom. The molecule has 8 nitrogen and oxygen atoms in total. The molecule has 2 aromatic heterocycles. The third kappa shape index (κ3) is 1.97. The summed E-state index contributed by atoms with van der Waals surface area (Å²) >= 11 is 5.94. The second-order valence-electron chi connectivity index (χ2n) is 4.43. The van der Waals surface area contributed by atoms with Crippen LogP contribution < -0.4 is 0 Å². The molecule has 4 atom stereocenters. The van der Waals surface area contributed by atoms with Gasteiger partial charge in [0.05, 0.1) is 12.9 Å².